The fraction of sp³-hybridized carbons (Fsp3) is 0.250. The second-order valence-electron chi connectivity index (χ2n) is 6.40. The standard InChI is InChI=1S/C20H22FN5OS/c1-13-5-4-6-17(14(13)2)23-19(27)12-28-20-25-24-18(26(20)3)11-22-16-9-7-15(21)8-10-16/h4-10,22H,11-12H2,1-3H3,(H,23,27). The number of aryl methyl sites for hydroxylation is 1. The van der Waals surface area contributed by atoms with E-state index in [1.165, 1.54) is 23.9 Å². The van der Waals surface area contributed by atoms with Gasteiger partial charge in [0.05, 0.1) is 12.3 Å². The van der Waals surface area contributed by atoms with Crippen molar-refractivity contribution in [3.05, 3.63) is 65.2 Å². The minimum absolute atomic E-state index is 0.0901. The van der Waals surface area contributed by atoms with Crippen LogP contribution in [0.4, 0.5) is 15.8 Å². The number of amides is 1. The largest absolute Gasteiger partial charge is 0.378 e. The Hall–Kier alpha value is -2.87. The number of aromatic nitrogens is 3. The highest BCUT2D eigenvalue weighted by Crippen LogP contribution is 2.20. The minimum atomic E-state index is -0.276. The number of thioether (sulfide) groups is 1. The average molecular weight is 399 g/mol. The summed E-state index contributed by atoms with van der Waals surface area (Å²) in [5.41, 5.74) is 3.82. The van der Waals surface area contributed by atoms with Crippen LogP contribution in [0.2, 0.25) is 0 Å². The molecule has 0 aliphatic carbocycles. The second kappa shape index (κ2) is 8.88. The predicted molar refractivity (Wildman–Crippen MR) is 110 cm³/mol. The number of halogens is 1. The third-order valence-corrected chi connectivity index (χ3v) is 5.45. The number of hydrogen-bond donors (Lipinski definition) is 2. The summed E-state index contributed by atoms with van der Waals surface area (Å²) in [7, 11) is 1.85. The topological polar surface area (TPSA) is 71.8 Å². The molecule has 0 aliphatic rings. The fourth-order valence-electron chi connectivity index (χ4n) is 2.58. The Labute approximate surface area is 167 Å². The second-order valence-corrected chi connectivity index (χ2v) is 7.35. The van der Waals surface area contributed by atoms with E-state index in [1.807, 2.05) is 43.7 Å². The van der Waals surface area contributed by atoms with Gasteiger partial charge in [-0.2, -0.15) is 0 Å². The van der Waals surface area contributed by atoms with Gasteiger partial charge in [0.1, 0.15) is 5.82 Å². The van der Waals surface area contributed by atoms with E-state index in [-0.39, 0.29) is 17.5 Å². The summed E-state index contributed by atoms with van der Waals surface area (Å²) in [6.45, 7) is 4.45. The summed E-state index contributed by atoms with van der Waals surface area (Å²) in [4.78, 5) is 12.3. The van der Waals surface area contributed by atoms with Crippen LogP contribution in [0.5, 0.6) is 0 Å². The Kier molecular flexibility index (Phi) is 6.30. The lowest BCUT2D eigenvalue weighted by Crippen LogP contribution is -2.15. The molecule has 2 N–H and O–H groups in total. The van der Waals surface area contributed by atoms with Crippen LogP contribution in [0.15, 0.2) is 47.6 Å². The lowest BCUT2D eigenvalue weighted by atomic mass is 10.1. The minimum Gasteiger partial charge on any atom is -0.378 e. The highest BCUT2D eigenvalue weighted by Gasteiger charge is 2.12. The molecule has 0 saturated heterocycles. The van der Waals surface area contributed by atoms with E-state index in [0.717, 1.165) is 28.3 Å². The molecular formula is C20H22FN5OS. The van der Waals surface area contributed by atoms with Crippen molar-refractivity contribution >= 4 is 29.0 Å². The van der Waals surface area contributed by atoms with E-state index in [0.29, 0.717) is 11.7 Å². The zero-order valence-electron chi connectivity index (χ0n) is 16.0. The first-order valence-corrected chi connectivity index (χ1v) is 9.79. The summed E-state index contributed by atoms with van der Waals surface area (Å²) in [6.07, 6.45) is 0. The van der Waals surface area contributed by atoms with E-state index in [9.17, 15) is 9.18 Å². The van der Waals surface area contributed by atoms with Crippen molar-refractivity contribution in [2.45, 2.75) is 25.5 Å². The van der Waals surface area contributed by atoms with Gasteiger partial charge >= 0.3 is 0 Å². The predicted octanol–water partition coefficient (Wildman–Crippen LogP) is 3.91. The average Bonchev–Trinajstić information content (AvgIpc) is 3.03. The number of nitrogens with one attached hydrogen (secondary N) is 2. The third-order valence-electron chi connectivity index (χ3n) is 4.43. The molecule has 3 rings (SSSR count). The lowest BCUT2D eigenvalue weighted by Gasteiger charge is -2.10. The van der Waals surface area contributed by atoms with Crippen molar-refractivity contribution in [1.82, 2.24) is 14.8 Å². The highest BCUT2D eigenvalue weighted by molar-refractivity contribution is 7.99. The Bertz CT molecular complexity index is 971. The van der Waals surface area contributed by atoms with Crippen molar-refractivity contribution in [3.8, 4) is 0 Å². The van der Waals surface area contributed by atoms with Gasteiger partial charge in [-0.1, -0.05) is 23.9 Å². The normalized spacial score (nSPS) is 10.7. The molecule has 2 aromatic carbocycles. The van der Waals surface area contributed by atoms with E-state index in [4.69, 9.17) is 0 Å². The molecule has 28 heavy (non-hydrogen) atoms. The van der Waals surface area contributed by atoms with Crippen LogP contribution in [-0.2, 0) is 18.4 Å². The van der Waals surface area contributed by atoms with Crippen LogP contribution < -0.4 is 10.6 Å². The molecule has 1 heterocycles. The molecule has 6 nitrogen and oxygen atoms in total. The molecule has 146 valence electrons. The van der Waals surface area contributed by atoms with Gasteiger partial charge < -0.3 is 15.2 Å². The molecule has 0 unspecified atom stereocenters. The fourth-order valence-corrected chi connectivity index (χ4v) is 3.31. The molecule has 0 atom stereocenters. The third kappa shape index (κ3) is 4.89. The van der Waals surface area contributed by atoms with Crippen molar-refractivity contribution < 1.29 is 9.18 Å². The van der Waals surface area contributed by atoms with Crippen molar-refractivity contribution in [2.24, 2.45) is 7.05 Å². The Morgan fingerprint density at radius 1 is 1.14 bits per heavy atom. The van der Waals surface area contributed by atoms with Gasteiger partial charge in [-0.15, -0.1) is 10.2 Å². The number of nitrogens with zero attached hydrogens (tertiary/aromatic N) is 3. The molecule has 8 heteroatoms. The van der Waals surface area contributed by atoms with E-state index in [1.54, 1.807) is 12.1 Å². The van der Waals surface area contributed by atoms with Gasteiger partial charge in [0.25, 0.3) is 0 Å². The number of rotatable bonds is 7. The van der Waals surface area contributed by atoms with E-state index >= 15 is 0 Å². The summed E-state index contributed by atoms with van der Waals surface area (Å²) in [5, 5.41) is 15.1. The molecule has 0 aliphatic heterocycles. The van der Waals surface area contributed by atoms with Crippen LogP contribution in [0, 0.1) is 19.7 Å². The highest BCUT2D eigenvalue weighted by atomic mass is 32.2. The van der Waals surface area contributed by atoms with Crippen molar-refractivity contribution in [2.75, 3.05) is 16.4 Å². The molecule has 1 amide bonds. The van der Waals surface area contributed by atoms with Crippen LogP contribution in [0.1, 0.15) is 17.0 Å². The number of hydrogen-bond acceptors (Lipinski definition) is 5. The Morgan fingerprint density at radius 3 is 2.64 bits per heavy atom. The molecule has 0 bridgehead atoms. The van der Waals surface area contributed by atoms with Crippen LogP contribution in [0.3, 0.4) is 0 Å². The van der Waals surface area contributed by atoms with E-state index < -0.39 is 0 Å². The molecule has 1 aromatic heterocycles. The van der Waals surface area contributed by atoms with Gasteiger partial charge in [0.15, 0.2) is 11.0 Å². The summed E-state index contributed by atoms with van der Waals surface area (Å²) in [6, 6.07) is 12.0. The summed E-state index contributed by atoms with van der Waals surface area (Å²) < 4.78 is 14.8. The SMILES string of the molecule is Cc1cccc(NC(=O)CSc2nnc(CNc3ccc(F)cc3)n2C)c1C. The zero-order valence-corrected chi connectivity index (χ0v) is 16.8. The number of carbonyl (C=O) groups is 1. The lowest BCUT2D eigenvalue weighted by molar-refractivity contribution is -0.113. The molecular weight excluding hydrogens is 377 g/mol. The molecule has 0 spiro atoms. The van der Waals surface area contributed by atoms with E-state index in [2.05, 4.69) is 20.8 Å². The van der Waals surface area contributed by atoms with Crippen LogP contribution in [-0.4, -0.2) is 26.4 Å². The van der Waals surface area contributed by atoms with Gasteiger partial charge in [-0.25, -0.2) is 4.39 Å². The van der Waals surface area contributed by atoms with Crippen LogP contribution >= 0.6 is 11.8 Å². The molecule has 0 saturated carbocycles. The van der Waals surface area contributed by atoms with Gasteiger partial charge in [0.2, 0.25) is 5.91 Å². The zero-order chi connectivity index (χ0) is 20.1. The van der Waals surface area contributed by atoms with Gasteiger partial charge in [0, 0.05) is 18.4 Å². The Balaban J connectivity index is 1.54. The maximum Gasteiger partial charge on any atom is 0.234 e. The first-order chi connectivity index (χ1) is 13.4. The number of anilines is 2. The van der Waals surface area contributed by atoms with Gasteiger partial charge in [-0.05, 0) is 55.3 Å². The summed E-state index contributed by atoms with van der Waals surface area (Å²) >= 11 is 1.33. The number of benzene rings is 2. The number of carbonyl (C=O) groups excluding carboxylic acids is 1. The maximum absolute atomic E-state index is 13.0. The monoisotopic (exact) mass is 399 g/mol. The maximum atomic E-state index is 13.0. The van der Waals surface area contributed by atoms with Crippen molar-refractivity contribution in [3.63, 3.8) is 0 Å². The Morgan fingerprint density at radius 2 is 1.89 bits per heavy atom. The first-order valence-electron chi connectivity index (χ1n) is 8.80. The van der Waals surface area contributed by atoms with Crippen LogP contribution in [0.25, 0.3) is 0 Å². The quantitative estimate of drug-likeness (QED) is 0.590. The molecule has 0 radical (unpaired) electrons. The van der Waals surface area contributed by atoms with Gasteiger partial charge in [-0.3, -0.25) is 4.79 Å². The first kappa shape index (κ1) is 19.9. The molecule has 3 aromatic rings. The smallest absolute Gasteiger partial charge is 0.234 e. The van der Waals surface area contributed by atoms with Crippen molar-refractivity contribution in [1.29, 1.82) is 0 Å². The molecule has 0 fully saturated rings. The summed E-state index contributed by atoms with van der Waals surface area (Å²) in [5.74, 6) is 0.599.